The van der Waals surface area contributed by atoms with Gasteiger partial charge in [-0.15, -0.1) is 0 Å². The summed E-state index contributed by atoms with van der Waals surface area (Å²) >= 11 is 0. The van der Waals surface area contributed by atoms with Crippen LogP contribution >= 0.6 is 0 Å². The Balaban J connectivity index is 2.37. The summed E-state index contributed by atoms with van der Waals surface area (Å²) in [5.41, 5.74) is 11.7. The standard InChI is InChI=1S/C17H28N2/c1-11-6-13(3)17(14(4)7-11)16(9-18)19-10-12(2)8-15(19)5/h6-7,12,15-16H,8-10,18H2,1-5H3. The molecule has 0 saturated carbocycles. The summed E-state index contributed by atoms with van der Waals surface area (Å²) in [5.74, 6) is 0.787. The highest BCUT2D eigenvalue weighted by atomic mass is 15.2. The lowest BCUT2D eigenvalue weighted by Gasteiger charge is -2.33. The highest BCUT2D eigenvalue weighted by Crippen LogP contribution is 2.34. The third-order valence-electron chi connectivity index (χ3n) is 4.53. The van der Waals surface area contributed by atoms with E-state index in [1.807, 2.05) is 0 Å². The topological polar surface area (TPSA) is 29.3 Å². The molecule has 1 heterocycles. The van der Waals surface area contributed by atoms with Crippen LogP contribution in [0.2, 0.25) is 0 Å². The van der Waals surface area contributed by atoms with Gasteiger partial charge in [0.2, 0.25) is 0 Å². The molecule has 0 spiro atoms. The zero-order valence-corrected chi connectivity index (χ0v) is 13.0. The van der Waals surface area contributed by atoms with Crippen LogP contribution in [0.5, 0.6) is 0 Å². The highest BCUT2D eigenvalue weighted by Gasteiger charge is 2.33. The molecule has 0 bridgehead atoms. The van der Waals surface area contributed by atoms with E-state index < -0.39 is 0 Å². The predicted octanol–water partition coefficient (Wildman–Crippen LogP) is 3.34. The first-order valence-corrected chi connectivity index (χ1v) is 7.47. The molecular formula is C17H28N2. The molecule has 1 aromatic carbocycles. The van der Waals surface area contributed by atoms with Crippen molar-refractivity contribution in [2.75, 3.05) is 13.1 Å². The molecule has 0 radical (unpaired) electrons. The molecule has 1 aromatic rings. The summed E-state index contributed by atoms with van der Waals surface area (Å²) in [6.45, 7) is 13.2. The second kappa shape index (κ2) is 5.64. The molecule has 2 heteroatoms. The minimum atomic E-state index is 0.376. The summed E-state index contributed by atoms with van der Waals surface area (Å²) in [4.78, 5) is 2.61. The van der Waals surface area contributed by atoms with Crippen molar-refractivity contribution >= 4 is 0 Å². The van der Waals surface area contributed by atoms with Crippen LogP contribution in [-0.4, -0.2) is 24.0 Å². The number of likely N-dealkylation sites (tertiary alicyclic amines) is 1. The second-order valence-electron chi connectivity index (χ2n) is 6.45. The van der Waals surface area contributed by atoms with Gasteiger partial charge in [0.05, 0.1) is 0 Å². The van der Waals surface area contributed by atoms with Crippen molar-refractivity contribution in [3.8, 4) is 0 Å². The van der Waals surface area contributed by atoms with E-state index in [1.54, 1.807) is 0 Å². The molecule has 1 saturated heterocycles. The summed E-state index contributed by atoms with van der Waals surface area (Å²) in [7, 11) is 0. The van der Waals surface area contributed by atoms with Gasteiger partial charge in [0.1, 0.15) is 0 Å². The Labute approximate surface area is 118 Å². The van der Waals surface area contributed by atoms with Gasteiger partial charge in [-0.1, -0.05) is 24.6 Å². The van der Waals surface area contributed by atoms with Crippen molar-refractivity contribution in [2.24, 2.45) is 11.7 Å². The molecule has 0 aliphatic carbocycles. The van der Waals surface area contributed by atoms with Gasteiger partial charge < -0.3 is 5.73 Å². The van der Waals surface area contributed by atoms with E-state index in [9.17, 15) is 0 Å². The van der Waals surface area contributed by atoms with E-state index in [0.29, 0.717) is 18.6 Å². The fourth-order valence-corrected chi connectivity index (χ4v) is 3.90. The van der Waals surface area contributed by atoms with Crippen LogP contribution in [0.4, 0.5) is 0 Å². The van der Waals surface area contributed by atoms with Gasteiger partial charge in [0.15, 0.2) is 0 Å². The number of nitrogens with two attached hydrogens (primary N) is 1. The molecule has 106 valence electrons. The molecule has 3 unspecified atom stereocenters. The lowest BCUT2D eigenvalue weighted by atomic mass is 9.93. The van der Waals surface area contributed by atoms with Gasteiger partial charge in [-0.25, -0.2) is 0 Å². The first-order chi connectivity index (χ1) is 8.93. The van der Waals surface area contributed by atoms with E-state index in [2.05, 4.69) is 51.7 Å². The van der Waals surface area contributed by atoms with Crippen molar-refractivity contribution in [3.05, 3.63) is 34.4 Å². The Morgan fingerprint density at radius 1 is 1.21 bits per heavy atom. The number of rotatable bonds is 3. The number of nitrogens with zero attached hydrogens (tertiary/aromatic N) is 1. The lowest BCUT2D eigenvalue weighted by molar-refractivity contribution is 0.191. The Morgan fingerprint density at radius 3 is 2.21 bits per heavy atom. The van der Waals surface area contributed by atoms with E-state index in [0.717, 1.165) is 5.92 Å². The number of benzene rings is 1. The molecule has 3 atom stereocenters. The summed E-state index contributed by atoms with van der Waals surface area (Å²) in [6.07, 6.45) is 1.29. The summed E-state index contributed by atoms with van der Waals surface area (Å²) in [5, 5.41) is 0. The molecule has 2 N–H and O–H groups in total. The fourth-order valence-electron chi connectivity index (χ4n) is 3.90. The Morgan fingerprint density at radius 2 is 1.79 bits per heavy atom. The van der Waals surface area contributed by atoms with Crippen molar-refractivity contribution < 1.29 is 0 Å². The maximum absolute atomic E-state index is 6.13. The quantitative estimate of drug-likeness (QED) is 0.903. The van der Waals surface area contributed by atoms with Crippen molar-refractivity contribution in [1.29, 1.82) is 0 Å². The van der Waals surface area contributed by atoms with Gasteiger partial charge in [-0.05, 0) is 56.7 Å². The number of hydrogen-bond acceptors (Lipinski definition) is 2. The molecule has 1 aliphatic heterocycles. The van der Waals surface area contributed by atoms with E-state index in [4.69, 9.17) is 5.73 Å². The molecule has 2 rings (SSSR count). The normalized spacial score (nSPS) is 25.8. The fraction of sp³-hybridized carbons (Fsp3) is 0.647. The van der Waals surface area contributed by atoms with E-state index in [-0.39, 0.29) is 0 Å². The van der Waals surface area contributed by atoms with Gasteiger partial charge >= 0.3 is 0 Å². The maximum Gasteiger partial charge on any atom is 0.0478 e. The van der Waals surface area contributed by atoms with Crippen LogP contribution in [0, 0.1) is 26.7 Å². The molecule has 0 aromatic heterocycles. The average molecular weight is 260 g/mol. The molecule has 0 amide bonds. The third kappa shape index (κ3) is 2.85. The van der Waals surface area contributed by atoms with Crippen molar-refractivity contribution in [3.63, 3.8) is 0 Å². The molecule has 2 nitrogen and oxygen atoms in total. The van der Waals surface area contributed by atoms with Crippen molar-refractivity contribution in [1.82, 2.24) is 4.90 Å². The third-order valence-corrected chi connectivity index (χ3v) is 4.53. The Hall–Kier alpha value is -0.860. The Bertz CT molecular complexity index is 430. The minimum Gasteiger partial charge on any atom is -0.329 e. The van der Waals surface area contributed by atoms with Crippen LogP contribution in [-0.2, 0) is 0 Å². The summed E-state index contributed by atoms with van der Waals surface area (Å²) in [6, 6.07) is 5.59. The Kier molecular flexibility index (Phi) is 4.32. The zero-order valence-electron chi connectivity index (χ0n) is 13.0. The average Bonchev–Trinajstić information content (AvgIpc) is 2.62. The summed E-state index contributed by atoms with van der Waals surface area (Å²) < 4.78 is 0. The number of hydrogen-bond donors (Lipinski definition) is 1. The predicted molar refractivity (Wildman–Crippen MR) is 82.4 cm³/mol. The van der Waals surface area contributed by atoms with Crippen LogP contribution in [0.15, 0.2) is 12.1 Å². The second-order valence-corrected chi connectivity index (χ2v) is 6.45. The van der Waals surface area contributed by atoms with Crippen LogP contribution < -0.4 is 5.73 Å². The molecule has 19 heavy (non-hydrogen) atoms. The van der Waals surface area contributed by atoms with Crippen LogP contribution in [0.3, 0.4) is 0 Å². The van der Waals surface area contributed by atoms with Crippen LogP contribution in [0.25, 0.3) is 0 Å². The van der Waals surface area contributed by atoms with Crippen molar-refractivity contribution in [2.45, 2.75) is 53.1 Å². The maximum atomic E-state index is 6.13. The van der Waals surface area contributed by atoms with Gasteiger partial charge in [0.25, 0.3) is 0 Å². The molecule has 1 aliphatic rings. The number of aryl methyl sites for hydroxylation is 3. The first-order valence-electron chi connectivity index (χ1n) is 7.47. The highest BCUT2D eigenvalue weighted by molar-refractivity contribution is 5.40. The van der Waals surface area contributed by atoms with Crippen LogP contribution in [0.1, 0.15) is 48.6 Å². The smallest absolute Gasteiger partial charge is 0.0478 e. The molecule has 1 fully saturated rings. The largest absolute Gasteiger partial charge is 0.329 e. The molecular weight excluding hydrogens is 232 g/mol. The van der Waals surface area contributed by atoms with E-state index in [1.165, 1.54) is 35.2 Å². The van der Waals surface area contributed by atoms with Gasteiger partial charge in [0, 0.05) is 25.2 Å². The monoisotopic (exact) mass is 260 g/mol. The zero-order chi connectivity index (χ0) is 14.2. The minimum absolute atomic E-state index is 0.376. The van der Waals surface area contributed by atoms with Gasteiger partial charge in [-0.3, -0.25) is 4.90 Å². The van der Waals surface area contributed by atoms with Gasteiger partial charge in [-0.2, -0.15) is 0 Å². The SMILES string of the molecule is Cc1cc(C)c(C(CN)N2CC(C)CC2C)c(C)c1. The van der Waals surface area contributed by atoms with E-state index >= 15 is 0 Å². The lowest BCUT2D eigenvalue weighted by Crippen LogP contribution is -2.37. The first kappa shape index (κ1) is 14.5.